The molecule has 2 aromatic carbocycles. The number of fused-ring (bicyclic) bond motifs is 1. The fourth-order valence-electron chi connectivity index (χ4n) is 3.23. The Morgan fingerprint density at radius 3 is 2.40 bits per heavy atom. The minimum absolute atomic E-state index is 0.154. The van der Waals surface area contributed by atoms with Crippen LogP contribution in [0.3, 0.4) is 0 Å². The van der Waals surface area contributed by atoms with Crippen LogP contribution in [0.15, 0.2) is 54.0 Å². The topological polar surface area (TPSA) is 74.1 Å². The second kappa shape index (κ2) is 8.46. The minimum atomic E-state index is -0.154. The van der Waals surface area contributed by atoms with Crippen molar-refractivity contribution in [1.29, 1.82) is 0 Å². The van der Waals surface area contributed by atoms with E-state index in [0.29, 0.717) is 22.9 Å². The molecule has 7 nitrogen and oxygen atoms in total. The molecule has 0 aliphatic carbocycles. The van der Waals surface area contributed by atoms with E-state index in [1.165, 1.54) is 32.7 Å². The molecule has 0 saturated carbocycles. The molecule has 30 heavy (non-hydrogen) atoms. The number of rotatable bonds is 7. The Bertz CT molecular complexity index is 1160. The number of imidazole rings is 1. The molecule has 0 aliphatic rings. The van der Waals surface area contributed by atoms with Crippen LogP contribution in [0.4, 0.5) is 5.69 Å². The smallest absolute Gasteiger partial charge is 0.230 e. The van der Waals surface area contributed by atoms with E-state index in [9.17, 15) is 4.79 Å². The number of thiazole rings is 1. The highest BCUT2D eigenvalue weighted by Crippen LogP contribution is 2.40. The van der Waals surface area contributed by atoms with Crippen molar-refractivity contribution >= 4 is 27.9 Å². The van der Waals surface area contributed by atoms with Crippen LogP contribution in [0, 0.1) is 0 Å². The predicted molar refractivity (Wildman–Crippen MR) is 117 cm³/mol. The predicted octanol–water partition coefficient (Wildman–Crippen LogP) is 4.27. The van der Waals surface area contributed by atoms with Crippen molar-refractivity contribution in [2.24, 2.45) is 0 Å². The van der Waals surface area contributed by atoms with Crippen LogP contribution in [-0.2, 0) is 11.2 Å². The average Bonchev–Trinajstić information content (AvgIpc) is 3.35. The number of hydrogen-bond donors (Lipinski definition) is 1. The first kappa shape index (κ1) is 19.8. The van der Waals surface area contributed by atoms with Gasteiger partial charge in [0, 0.05) is 40.7 Å². The highest BCUT2D eigenvalue weighted by atomic mass is 32.1. The van der Waals surface area contributed by atoms with Crippen molar-refractivity contribution < 1.29 is 19.0 Å². The number of benzene rings is 2. The summed E-state index contributed by atoms with van der Waals surface area (Å²) in [4.78, 5) is 18.2. The van der Waals surface area contributed by atoms with E-state index in [1.54, 1.807) is 12.1 Å². The Morgan fingerprint density at radius 2 is 1.77 bits per heavy atom. The Kier molecular flexibility index (Phi) is 5.58. The number of methoxy groups -OCH3 is 3. The normalized spacial score (nSPS) is 10.8. The van der Waals surface area contributed by atoms with Crippen LogP contribution >= 0.6 is 11.3 Å². The summed E-state index contributed by atoms with van der Waals surface area (Å²) in [6.07, 6.45) is 2.17. The van der Waals surface area contributed by atoms with Gasteiger partial charge in [0.25, 0.3) is 0 Å². The van der Waals surface area contributed by atoms with E-state index in [-0.39, 0.29) is 12.3 Å². The third kappa shape index (κ3) is 3.81. The summed E-state index contributed by atoms with van der Waals surface area (Å²) in [6.45, 7) is 0. The Balaban J connectivity index is 1.55. The minimum Gasteiger partial charge on any atom is -0.493 e. The number of nitrogens with one attached hydrogen (secondary N) is 1. The molecule has 0 bridgehead atoms. The first-order valence-corrected chi connectivity index (χ1v) is 10.1. The molecule has 0 unspecified atom stereocenters. The molecule has 1 N–H and O–H groups in total. The first-order valence-electron chi connectivity index (χ1n) is 9.23. The maximum Gasteiger partial charge on any atom is 0.230 e. The summed E-state index contributed by atoms with van der Waals surface area (Å²) in [6, 6.07) is 13.4. The molecular weight excluding hydrogens is 402 g/mol. The zero-order chi connectivity index (χ0) is 21.1. The number of anilines is 1. The quantitative estimate of drug-likeness (QED) is 0.481. The Morgan fingerprint density at radius 1 is 1.07 bits per heavy atom. The standard InChI is InChI=1S/C22H21N3O4S/c1-27-18-9-15(10-19(28-2)21(18)29-3)23-20(26)11-16-13-30-22-24-17(12-25(16)22)14-7-5-4-6-8-14/h4-10,12-13H,11H2,1-3H3,(H,23,26). The molecule has 4 rings (SSSR count). The SMILES string of the molecule is COc1cc(NC(=O)Cc2csc3nc(-c4ccccc4)cn23)cc(OC)c1OC. The lowest BCUT2D eigenvalue weighted by Gasteiger charge is -2.14. The summed E-state index contributed by atoms with van der Waals surface area (Å²) < 4.78 is 18.0. The molecule has 0 fully saturated rings. The molecule has 0 atom stereocenters. The summed E-state index contributed by atoms with van der Waals surface area (Å²) in [5, 5.41) is 4.85. The van der Waals surface area contributed by atoms with Gasteiger partial charge >= 0.3 is 0 Å². The highest BCUT2D eigenvalue weighted by Gasteiger charge is 2.16. The Hall–Kier alpha value is -3.52. The van der Waals surface area contributed by atoms with E-state index in [2.05, 4.69) is 10.3 Å². The number of nitrogens with zero attached hydrogens (tertiary/aromatic N) is 2. The van der Waals surface area contributed by atoms with Gasteiger partial charge in [0.15, 0.2) is 16.5 Å². The molecule has 0 aliphatic heterocycles. The number of amides is 1. The fourth-order valence-corrected chi connectivity index (χ4v) is 4.10. The van der Waals surface area contributed by atoms with Crippen molar-refractivity contribution in [2.75, 3.05) is 26.6 Å². The van der Waals surface area contributed by atoms with Crippen molar-refractivity contribution in [1.82, 2.24) is 9.38 Å². The van der Waals surface area contributed by atoms with E-state index in [1.807, 2.05) is 46.3 Å². The Labute approximate surface area is 177 Å². The summed E-state index contributed by atoms with van der Waals surface area (Å²) in [5.74, 6) is 1.28. The third-order valence-corrected chi connectivity index (χ3v) is 5.53. The number of aromatic nitrogens is 2. The molecule has 0 radical (unpaired) electrons. The van der Waals surface area contributed by atoms with Crippen molar-refractivity contribution in [3.05, 3.63) is 59.7 Å². The van der Waals surface area contributed by atoms with E-state index in [4.69, 9.17) is 14.2 Å². The molecule has 8 heteroatoms. The lowest BCUT2D eigenvalue weighted by molar-refractivity contribution is -0.115. The number of carbonyl (C=O) groups excluding carboxylic acids is 1. The maximum absolute atomic E-state index is 12.7. The van der Waals surface area contributed by atoms with Crippen LogP contribution < -0.4 is 19.5 Å². The molecule has 1 amide bonds. The lowest BCUT2D eigenvalue weighted by atomic mass is 10.2. The van der Waals surface area contributed by atoms with Crippen LogP contribution in [0.2, 0.25) is 0 Å². The first-order chi connectivity index (χ1) is 14.6. The van der Waals surface area contributed by atoms with Gasteiger partial charge in [0.2, 0.25) is 11.7 Å². The number of ether oxygens (including phenoxy) is 3. The van der Waals surface area contributed by atoms with Gasteiger partial charge in [0.05, 0.1) is 33.4 Å². The molecule has 0 saturated heterocycles. The van der Waals surface area contributed by atoms with E-state index < -0.39 is 0 Å². The zero-order valence-electron chi connectivity index (χ0n) is 16.8. The molecule has 2 heterocycles. The van der Waals surface area contributed by atoms with Crippen LogP contribution in [0.5, 0.6) is 17.2 Å². The monoisotopic (exact) mass is 423 g/mol. The van der Waals surface area contributed by atoms with Gasteiger partial charge in [-0.05, 0) is 0 Å². The summed E-state index contributed by atoms with van der Waals surface area (Å²) >= 11 is 1.51. The number of hydrogen-bond acceptors (Lipinski definition) is 6. The van der Waals surface area contributed by atoms with E-state index >= 15 is 0 Å². The summed E-state index contributed by atoms with van der Waals surface area (Å²) in [7, 11) is 4.61. The van der Waals surface area contributed by atoms with Gasteiger partial charge < -0.3 is 19.5 Å². The van der Waals surface area contributed by atoms with Crippen LogP contribution in [0.1, 0.15) is 5.69 Å². The van der Waals surface area contributed by atoms with Crippen LogP contribution in [-0.4, -0.2) is 36.6 Å². The van der Waals surface area contributed by atoms with Crippen molar-refractivity contribution in [3.63, 3.8) is 0 Å². The van der Waals surface area contributed by atoms with Gasteiger partial charge in [-0.3, -0.25) is 9.20 Å². The van der Waals surface area contributed by atoms with Crippen molar-refractivity contribution in [3.8, 4) is 28.5 Å². The second-order valence-corrected chi connectivity index (χ2v) is 7.35. The van der Waals surface area contributed by atoms with Gasteiger partial charge in [-0.2, -0.15) is 0 Å². The van der Waals surface area contributed by atoms with Gasteiger partial charge in [-0.25, -0.2) is 4.98 Å². The average molecular weight is 423 g/mol. The van der Waals surface area contributed by atoms with Gasteiger partial charge in [0.1, 0.15) is 0 Å². The zero-order valence-corrected chi connectivity index (χ0v) is 17.7. The largest absolute Gasteiger partial charge is 0.493 e. The van der Waals surface area contributed by atoms with E-state index in [0.717, 1.165) is 21.9 Å². The molecular formula is C22H21N3O4S. The molecule has 4 aromatic rings. The molecule has 2 aromatic heterocycles. The maximum atomic E-state index is 12.7. The van der Waals surface area contributed by atoms with Crippen molar-refractivity contribution in [2.45, 2.75) is 6.42 Å². The molecule has 154 valence electrons. The van der Waals surface area contributed by atoms with Gasteiger partial charge in [-0.1, -0.05) is 30.3 Å². The highest BCUT2D eigenvalue weighted by molar-refractivity contribution is 7.15. The summed E-state index contributed by atoms with van der Waals surface area (Å²) in [5.41, 5.74) is 3.36. The van der Waals surface area contributed by atoms with Gasteiger partial charge in [-0.15, -0.1) is 11.3 Å². The number of carbonyl (C=O) groups is 1. The third-order valence-electron chi connectivity index (χ3n) is 4.64. The van der Waals surface area contributed by atoms with Crippen LogP contribution in [0.25, 0.3) is 16.2 Å². The fraction of sp³-hybridized carbons (Fsp3) is 0.182. The lowest BCUT2D eigenvalue weighted by Crippen LogP contribution is -2.15. The molecule has 0 spiro atoms. The second-order valence-electron chi connectivity index (χ2n) is 6.51.